The Labute approximate surface area is 117 Å². The summed E-state index contributed by atoms with van der Waals surface area (Å²) in [5, 5.41) is 3.66. The maximum Gasteiger partial charge on any atom is 0.122 e. The van der Waals surface area contributed by atoms with Crippen LogP contribution >= 0.6 is 0 Å². The van der Waals surface area contributed by atoms with Crippen LogP contribution in [-0.4, -0.2) is 19.7 Å². The van der Waals surface area contributed by atoms with E-state index in [2.05, 4.69) is 51.2 Å². The molecular formula is C17H27NO. The van der Waals surface area contributed by atoms with Crippen molar-refractivity contribution in [2.24, 2.45) is 11.3 Å². The molecule has 1 aromatic carbocycles. The van der Waals surface area contributed by atoms with Crippen LogP contribution in [0.3, 0.4) is 0 Å². The average Bonchev–Trinajstić information content (AvgIpc) is 2.98. The standard InChI is InChI=1S/C17H27NO/c1-6-18-15(14-11-17(14,3)4)10-13-9-12(2)7-8-16(13)19-5/h7-9,14-15,18H,6,10-11H2,1-5H3. The summed E-state index contributed by atoms with van der Waals surface area (Å²) in [6.45, 7) is 10.1. The number of rotatable bonds is 6. The fourth-order valence-electron chi connectivity index (χ4n) is 3.12. The molecule has 19 heavy (non-hydrogen) atoms. The van der Waals surface area contributed by atoms with Gasteiger partial charge in [-0.3, -0.25) is 0 Å². The topological polar surface area (TPSA) is 21.3 Å². The van der Waals surface area contributed by atoms with Crippen molar-refractivity contribution in [3.05, 3.63) is 29.3 Å². The summed E-state index contributed by atoms with van der Waals surface area (Å²) < 4.78 is 5.50. The molecule has 2 rings (SSSR count). The zero-order valence-electron chi connectivity index (χ0n) is 12.9. The Morgan fingerprint density at radius 1 is 1.42 bits per heavy atom. The lowest BCUT2D eigenvalue weighted by Crippen LogP contribution is -2.34. The molecule has 1 aliphatic carbocycles. The van der Waals surface area contributed by atoms with Crippen LogP contribution in [0.2, 0.25) is 0 Å². The molecule has 0 radical (unpaired) electrons. The van der Waals surface area contributed by atoms with E-state index in [1.165, 1.54) is 17.5 Å². The highest BCUT2D eigenvalue weighted by atomic mass is 16.5. The summed E-state index contributed by atoms with van der Waals surface area (Å²) in [5.41, 5.74) is 3.14. The van der Waals surface area contributed by atoms with Crippen molar-refractivity contribution in [1.82, 2.24) is 5.32 Å². The first-order chi connectivity index (χ1) is 8.97. The lowest BCUT2D eigenvalue weighted by Gasteiger charge is -2.21. The van der Waals surface area contributed by atoms with Gasteiger partial charge in [-0.25, -0.2) is 0 Å². The summed E-state index contributed by atoms with van der Waals surface area (Å²) in [4.78, 5) is 0. The molecule has 1 aliphatic rings. The fourth-order valence-corrected chi connectivity index (χ4v) is 3.12. The molecule has 0 heterocycles. The van der Waals surface area contributed by atoms with Crippen LogP contribution in [0.15, 0.2) is 18.2 Å². The van der Waals surface area contributed by atoms with Crippen LogP contribution in [0, 0.1) is 18.3 Å². The van der Waals surface area contributed by atoms with E-state index in [4.69, 9.17) is 4.74 Å². The summed E-state index contributed by atoms with van der Waals surface area (Å²) in [6.07, 6.45) is 2.39. The van der Waals surface area contributed by atoms with Crippen molar-refractivity contribution in [2.45, 2.75) is 46.6 Å². The molecule has 0 bridgehead atoms. The van der Waals surface area contributed by atoms with Gasteiger partial charge < -0.3 is 10.1 Å². The molecular weight excluding hydrogens is 234 g/mol. The normalized spacial score (nSPS) is 22.1. The van der Waals surface area contributed by atoms with E-state index in [-0.39, 0.29) is 0 Å². The quantitative estimate of drug-likeness (QED) is 0.845. The molecule has 1 fully saturated rings. The van der Waals surface area contributed by atoms with E-state index in [9.17, 15) is 0 Å². The molecule has 0 aromatic heterocycles. The molecule has 0 aliphatic heterocycles. The Balaban J connectivity index is 2.15. The maximum atomic E-state index is 5.50. The van der Waals surface area contributed by atoms with E-state index in [0.29, 0.717) is 11.5 Å². The zero-order valence-corrected chi connectivity index (χ0v) is 12.9. The zero-order chi connectivity index (χ0) is 14.0. The first kappa shape index (κ1) is 14.4. The SMILES string of the molecule is CCNC(Cc1cc(C)ccc1OC)C1CC1(C)C. The van der Waals surface area contributed by atoms with E-state index >= 15 is 0 Å². The Kier molecular flexibility index (Phi) is 4.19. The highest BCUT2D eigenvalue weighted by Gasteiger charge is 2.49. The minimum absolute atomic E-state index is 0.504. The van der Waals surface area contributed by atoms with Crippen LogP contribution in [-0.2, 0) is 6.42 Å². The third-order valence-electron chi connectivity index (χ3n) is 4.42. The van der Waals surface area contributed by atoms with Gasteiger partial charge in [0.25, 0.3) is 0 Å². The number of likely N-dealkylation sites (N-methyl/N-ethyl adjacent to an activating group) is 1. The smallest absolute Gasteiger partial charge is 0.122 e. The lowest BCUT2D eigenvalue weighted by molar-refractivity contribution is 0.386. The predicted molar refractivity (Wildman–Crippen MR) is 80.8 cm³/mol. The Bertz CT molecular complexity index is 439. The van der Waals surface area contributed by atoms with Gasteiger partial charge in [0.15, 0.2) is 0 Å². The first-order valence-electron chi connectivity index (χ1n) is 7.35. The van der Waals surface area contributed by atoms with Gasteiger partial charge in [0.1, 0.15) is 5.75 Å². The number of methoxy groups -OCH3 is 1. The van der Waals surface area contributed by atoms with Crippen LogP contribution in [0.5, 0.6) is 5.75 Å². The molecule has 2 heteroatoms. The van der Waals surface area contributed by atoms with Crippen molar-refractivity contribution in [3.8, 4) is 5.75 Å². The summed E-state index contributed by atoms with van der Waals surface area (Å²) in [5.74, 6) is 1.81. The molecule has 106 valence electrons. The minimum Gasteiger partial charge on any atom is -0.496 e. The van der Waals surface area contributed by atoms with Crippen molar-refractivity contribution >= 4 is 0 Å². The van der Waals surface area contributed by atoms with Gasteiger partial charge in [0.05, 0.1) is 7.11 Å². The van der Waals surface area contributed by atoms with E-state index in [1.807, 2.05) is 0 Å². The Morgan fingerprint density at radius 3 is 2.63 bits per heavy atom. The molecule has 0 saturated heterocycles. The predicted octanol–water partition coefficient (Wildman–Crippen LogP) is 3.57. The number of nitrogens with one attached hydrogen (secondary N) is 1. The Morgan fingerprint density at radius 2 is 2.11 bits per heavy atom. The molecule has 2 unspecified atom stereocenters. The molecule has 2 atom stereocenters. The van der Waals surface area contributed by atoms with Crippen LogP contribution in [0.25, 0.3) is 0 Å². The second-order valence-corrected chi connectivity index (χ2v) is 6.48. The number of ether oxygens (including phenoxy) is 1. The van der Waals surface area contributed by atoms with Gasteiger partial charge in [0.2, 0.25) is 0 Å². The third kappa shape index (κ3) is 3.30. The second kappa shape index (κ2) is 5.54. The molecule has 1 N–H and O–H groups in total. The van der Waals surface area contributed by atoms with Gasteiger partial charge in [-0.05, 0) is 49.3 Å². The van der Waals surface area contributed by atoms with Gasteiger partial charge in [-0.15, -0.1) is 0 Å². The molecule has 0 amide bonds. The van der Waals surface area contributed by atoms with E-state index in [0.717, 1.165) is 24.6 Å². The minimum atomic E-state index is 0.504. The monoisotopic (exact) mass is 261 g/mol. The van der Waals surface area contributed by atoms with Crippen molar-refractivity contribution in [2.75, 3.05) is 13.7 Å². The maximum absolute atomic E-state index is 5.50. The van der Waals surface area contributed by atoms with E-state index in [1.54, 1.807) is 7.11 Å². The van der Waals surface area contributed by atoms with Gasteiger partial charge in [-0.1, -0.05) is 38.5 Å². The summed E-state index contributed by atoms with van der Waals surface area (Å²) in [7, 11) is 1.76. The second-order valence-electron chi connectivity index (χ2n) is 6.48. The highest BCUT2D eigenvalue weighted by Crippen LogP contribution is 2.54. The van der Waals surface area contributed by atoms with Gasteiger partial charge in [0, 0.05) is 6.04 Å². The van der Waals surface area contributed by atoms with Crippen molar-refractivity contribution in [1.29, 1.82) is 0 Å². The van der Waals surface area contributed by atoms with Crippen LogP contribution in [0.4, 0.5) is 0 Å². The van der Waals surface area contributed by atoms with Gasteiger partial charge >= 0.3 is 0 Å². The number of hydrogen-bond acceptors (Lipinski definition) is 2. The van der Waals surface area contributed by atoms with Crippen LogP contribution in [0.1, 0.15) is 38.3 Å². The van der Waals surface area contributed by atoms with Gasteiger partial charge in [-0.2, -0.15) is 0 Å². The molecule has 1 saturated carbocycles. The first-order valence-corrected chi connectivity index (χ1v) is 7.35. The number of hydrogen-bond donors (Lipinski definition) is 1. The Hall–Kier alpha value is -1.02. The van der Waals surface area contributed by atoms with E-state index < -0.39 is 0 Å². The van der Waals surface area contributed by atoms with Crippen molar-refractivity contribution in [3.63, 3.8) is 0 Å². The summed E-state index contributed by atoms with van der Waals surface area (Å²) in [6, 6.07) is 7.03. The highest BCUT2D eigenvalue weighted by molar-refractivity contribution is 5.37. The third-order valence-corrected chi connectivity index (χ3v) is 4.42. The largest absolute Gasteiger partial charge is 0.496 e. The fraction of sp³-hybridized carbons (Fsp3) is 0.647. The summed E-state index contributed by atoms with van der Waals surface area (Å²) >= 11 is 0. The molecule has 0 spiro atoms. The average molecular weight is 261 g/mol. The molecule has 1 aromatic rings. The molecule has 2 nitrogen and oxygen atoms in total. The number of aryl methyl sites for hydroxylation is 1. The van der Waals surface area contributed by atoms with Crippen LogP contribution < -0.4 is 10.1 Å². The van der Waals surface area contributed by atoms with Crippen molar-refractivity contribution < 1.29 is 4.74 Å². The lowest BCUT2D eigenvalue weighted by atomic mass is 9.96. The number of benzene rings is 1.